The minimum absolute atomic E-state index is 0.335. The molecule has 0 aliphatic carbocycles. The summed E-state index contributed by atoms with van der Waals surface area (Å²) < 4.78 is 26.7. The van der Waals surface area contributed by atoms with Gasteiger partial charge in [0.25, 0.3) is 0 Å². The van der Waals surface area contributed by atoms with Gasteiger partial charge in [-0.2, -0.15) is 0 Å². The highest BCUT2D eigenvalue weighted by molar-refractivity contribution is 6.05. The molecule has 2 heterocycles. The number of benzene rings is 2. The van der Waals surface area contributed by atoms with Gasteiger partial charge in [0.15, 0.2) is 0 Å². The summed E-state index contributed by atoms with van der Waals surface area (Å²) in [6.07, 6.45) is 5.13. The van der Waals surface area contributed by atoms with Gasteiger partial charge in [0.2, 0.25) is 0 Å². The summed E-state index contributed by atoms with van der Waals surface area (Å²) in [7, 11) is 0. The minimum Gasteiger partial charge on any atom is -0.494 e. The number of halogens is 1. The first-order valence-corrected chi connectivity index (χ1v) is 8.97. The first kappa shape index (κ1) is 17.8. The molecule has 0 unspecified atom stereocenters. The van der Waals surface area contributed by atoms with Crippen molar-refractivity contribution < 1.29 is 18.7 Å². The van der Waals surface area contributed by atoms with Crippen LogP contribution in [0.25, 0.3) is 17.5 Å². The Hall–Kier alpha value is -3.60. The number of rotatable bonds is 5. The lowest BCUT2D eigenvalue weighted by Crippen LogP contribution is -2.00. The molecule has 1 aliphatic rings. The molecule has 0 amide bonds. The fourth-order valence-corrected chi connectivity index (χ4v) is 3.05. The van der Waals surface area contributed by atoms with Gasteiger partial charge in [0.1, 0.15) is 17.3 Å². The second kappa shape index (κ2) is 7.56. The largest absolute Gasteiger partial charge is 0.494 e. The van der Waals surface area contributed by atoms with Crippen LogP contribution in [0.1, 0.15) is 18.2 Å². The molecule has 4 rings (SSSR count). The average molecular weight is 375 g/mol. The fourth-order valence-electron chi connectivity index (χ4n) is 3.05. The molecule has 0 radical (unpaired) electrons. The van der Waals surface area contributed by atoms with Crippen molar-refractivity contribution in [2.45, 2.75) is 6.92 Å². The molecule has 2 aromatic carbocycles. The number of cyclic esters (lactones) is 1. The van der Waals surface area contributed by atoms with E-state index in [0.29, 0.717) is 29.3 Å². The van der Waals surface area contributed by atoms with Gasteiger partial charge in [-0.1, -0.05) is 12.1 Å². The Morgan fingerprint density at radius 2 is 1.86 bits per heavy atom. The van der Waals surface area contributed by atoms with Crippen molar-refractivity contribution in [3.8, 4) is 11.4 Å². The van der Waals surface area contributed by atoms with Gasteiger partial charge in [-0.15, -0.1) is 0 Å². The Labute approximate surface area is 162 Å². The maximum Gasteiger partial charge on any atom is 0.343 e. The summed E-state index contributed by atoms with van der Waals surface area (Å²) in [6, 6.07) is 17.5. The molecule has 28 heavy (non-hydrogen) atoms. The van der Waals surface area contributed by atoms with Crippen molar-refractivity contribution in [2.24, 2.45) is 0 Å². The van der Waals surface area contributed by atoms with Crippen molar-refractivity contribution in [1.82, 2.24) is 4.57 Å². The van der Waals surface area contributed by atoms with Crippen molar-refractivity contribution in [2.75, 3.05) is 6.61 Å². The maximum atomic E-state index is 14.1. The first-order chi connectivity index (χ1) is 13.7. The molecule has 140 valence electrons. The van der Waals surface area contributed by atoms with Gasteiger partial charge in [-0.25, -0.2) is 9.18 Å². The van der Waals surface area contributed by atoms with Crippen LogP contribution in [0.15, 0.2) is 78.5 Å². The van der Waals surface area contributed by atoms with Gasteiger partial charge < -0.3 is 14.0 Å². The van der Waals surface area contributed by atoms with Crippen LogP contribution in [0, 0.1) is 5.82 Å². The average Bonchev–Trinajstić information content (AvgIpc) is 3.30. The second-order valence-corrected chi connectivity index (χ2v) is 6.21. The number of ether oxygens (including phenoxy) is 2. The molecular weight excluding hydrogens is 357 g/mol. The van der Waals surface area contributed by atoms with E-state index in [0.717, 1.165) is 11.3 Å². The zero-order chi connectivity index (χ0) is 19.5. The van der Waals surface area contributed by atoms with Crippen LogP contribution in [0.3, 0.4) is 0 Å². The van der Waals surface area contributed by atoms with Crippen LogP contribution in [-0.4, -0.2) is 17.1 Å². The third-order valence-electron chi connectivity index (χ3n) is 4.37. The monoisotopic (exact) mass is 375 g/mol. The Bertz CT molecular complexity index is 1080. The van der Waals surface area contributed by atoms with E-state index in [1.54, 1.807) is 47.2 Å². The van der Waals surface area contributed by atoms with Gasteiger partial charge in [-0.3, -0.25) is 0 Å². The van der Waals surface area contributed by atoms with E-state index in [-0.39, 0.29) is 5.82 Å². The molecule has 0 fully saturated rings. The minimum atomic E-state index is -0.440. The van der Waals surface area contributed by atoms with Crippen molar-refractivity contribution in [3.63, 3.8) is 0 Å². The van der Waals surface area contributed by atoms with Crippen LogP contribution in [-0.2, 0) is 9.53 Å². The van der Waals surface area contributed by atoms with E-state index in [2.05, 4.69) is 0 Å². The molecule has 0 atom stereocenters. The highest BCUT2D eigenvalue weighted by Crippen LogP contribution is 2.29. The Balaban J connectivity index is 1.65. The predicted octanol–water partition coefficient (Wildman–Crippen LogP) is 5.00. The van der Waals surface area contributed by atoms with Crippen LogP contribution in [0.5, 0.6) is 5.75 Å². The summed E-state index contributed by atoms with van der Waals surface area (Å²) in [5, 5.41) is 0. The smallest absolute Gasteiger partial charge is 0.343 e. The normalized spacial score (nSPS) is 14.9. The van der Waals surface area contributed by atoms with Crippen LogP contribution in [0.2, 0.25) is 0 Å². The quantitative estimate of drug-likeness (QED) is 0.466. The van der Waals surface area contributed by atoms with Gasteiger partial charge in [-0.05, 0) is 67.6 Å². The van der Waals surface area contributed by atoms with E-state index >= 15 is 0 Å². The van der Waals surface area contributed by atoms with E-state index < -0.39 is 5.97 Å². The number of carbonyl (C=O) groups is 1. The molecule has 0 N–H and O–H groups in total. The number of carbonyl (C=O) groups excluding carboxylic acids is 1. The Kier molecular flexibility index (Phi) is 4.81. The highest BCUT2D eigenvalue weighted by Gasteiger charge is 2.22. The molecule has 1 aromatic heterocycles. The van der Waals surface area contributed by atoms with Gasteiger partial charge in [0.05, 0.1) is 17.9 Å². The molecule has 3 aromatic rings. The predicted molar refractivity (Wildman–Crippen MR) is 105 cm³/mol. The molecular formula is C23H18FNO3. The summed E-state index contributed by atoms with van der Waals surface area (Å²) in [5.74, 6) is 0.459. The van der Waals surface area contributed by atoms with Crippen LogP contribution >= 0.6 is 0 Å². The Morgan fingerprint density at radius 1 is 1.07 bits per heavy atom. The summed E-state index contributed by atoms with van der Waals surface area (Å²) in [6.45, 7) is 2.51. The lowest BCUT2D eigenvalue weighted by Gasteiger charge is -2.07. The lowest BCUT2D eigenvalue weighted by atomic mass is 10.1. The maximum absolute atomic E-state index is 14.1. The first-order valence-electron chi connectivity index (χ1n) is 8.97. The number of aromatic nitrogens is 1. The molecule has 0 saturated carbocycles. The molecule has 5 heteroatoms. The zero-order valence-electron chi connectivity index (χ0n) is 15.3. The molecule has 0 spiro atoms. The number of hydrogen-bond acceptors (Lipinski definition) is 3. The SMILES string of the molecule is CCOc1ccc(C2=C/C(=C\c3cccn3-c3ccccc3F)C(=O)O2)cc1. The number of hydrogen-bond donors (Lipinski definition) is 0. The third-order valence-corrected chi connectivity index (χ3v) is 4.37. The van der Waals surface area contributed by atoms with Crippen LogP contribution < -0.4 is 4.74 Å². The van der Waals surface area contributed by atoms with E-state index in [9.17, 15) is 9.18 Å². The molecule has 0 bridgehead atoms. The summed E-state index contributed by atoms with van der Waals surface area (Å²) in [4.78, 5) is 12.3. The van der Waals surface area contributed by atoms with Gasteiger partial charge >= 0.3 is 5.97 Å². The topological polar surface area (TPSA) is 40.5 Å². The third kappa shape index (κ3) is 3.47. The lowest BCUT2D eigenvalue weighted by molar-refractivity contribution is -0.130. The summed E-state index contributed by atoms with van der Waals surface area (Å²) >= 11 is 0. The van der Waals surface area contributed by atoms with Crippen molar-refractivity contribution in [1.29, 1.82) is 0 Å². The molecule has 0 saturated heterocycles. The number of esters is 1. The standard InChI is InChI=1S/C23H18FNO3/c1-2-27-19-11-9-16(10-12-19)22-15-17(23(26)28-22)14-18-6-5-13-25(18)21-8-4-3-7-20(21)24/h3-15H,2H2,1H3/b17-14+. The van der Waals surface area contributed by atoms with Crippen molar-refractivity contribution in [3.05, 3.63) is 95.6 Å². The second-order valence-electron chi connectivity index (χ2n) is 6.21. The Morgan fingerprint density at radius 3 is 2.61 bits per heavy atom. The summed E-state index contributed by atoms with van der Waals surface area (Å²) in [5.41, 5.74) is 2.28. The van der Waals surface area contributed by atoms with E-state index in [4.69, 9.17) is 9.47 Å². The molecule has 4 nitrogen and oxygen atoms in total. The zero-order valence-corrected chi connectivity index (χ0v) is 15.3. The van der Waals surface area contributed by atoms with E-state index in [1.807, 2.05) is 37.3 Å². The van der Waals surface area contributed by atoms with Crippen LogP contribution in [0.4, 0.5) is 4.39 Å². The van der Waals surface area contributed by atoms with Crippen molar-refractivity contribution >= 4 is 17.8 Å². The van der Waals surface area contributed by atoms with Gasteiger partial charge in [0, 0.05) is 17.5 Å². The fraction of sp³-hybridized carbons (Fsp3) is 0.0870. The number of nitrogens with zero attached hydrogens (tertiary/aromatic N) is 1. The molecule has 1 aliphatic heterocycles. The highest BCUT2D eigenvalue weighted by atomic mass is 19.1. The van der Waals surface area contributed by atoms with E-state index in [1.165, 1.54) is 6.07 Å². The number of para-hydroxylation sites is 1.